The summed E-state index contributed by atoms with van der Waals surface area (Å²) in [7, 11) is -1.81. The molecule has 42 heavy (non-hydrogen) atoms. The van der Waals surface area contributed by atoms with Crippen molar-refractivity contribution in [3.63, 3.8) is 0 Å². The van der Waals surface area contributed by atoms with Crippen LogP contribution in [0.1, 0.15) is 49.7 Å². The first-order chi connectivity index (χ1) is 20.0. The fourth-order valence-corrected chi connectivity index (χ4v) is 7.83. The van der Waals surface area contributed by atoms with Crippen LogP contribution in [-0.2, 0) is 30.8 Å². The summed E-state index contributed by atoms with van der Waals surface area (Å²) in [6.45, 7) is 2.94. The first-order valence-electron chi connectivity index (χ1n) is 14.8. The number of allylic oxidation sites excluding steroid dienone is 1. The van der Waals surface area contributed by atoms with Gasteiger partial charge in [0.2, 0.25) is 15.9 Å². The molecule has 3 N–H and O–H groups in total. The number of nitrogens with two attached hydrogens (primary N) is 1. The highest BCUT2D eigenvalue weighted by atomic mass is 32.2. The molecule has 12 heteroatoms. The van der Waals surface area contributed by atoms with Crippen LogP contribution in [0.15, 0.2) is 35.5 Å². The molecule has 3 saturated heterocycles. The van der Waals surface area contributed by atoms with Gasteiger partial charge in [-0.25, -0.2) is 12.7 Å². The van der Waals surface area contributed by atoms with Gasteiger partial charge in [0.15, 0.2) is 5.96 Å². The maximum absolute atomic E-state index is 14.0. The molecule has 0 radical (unpaired) electrons. The quantitative estimate of drug-likeness (QED) is 0.277. The van der Waals surface area contributed by atoms with Crippen LogP contribution in [0, 0.1) is 23.2 Å². The lowest BCUT2D eigenvalue weighted by Crippen LogP contribution is -2.48. The highest BCUT2D eigenvalue weighted by molar-refractivity contribution is 7.88. The number of rotatable bonds is 7. The molecule has 1 aromatic rings. The Labute approximate surface area is 248 Å². The Kier molecular flexibility index (Phi) is 9.03. The van der Waals surface area contributed by atoms with E-state index in [0.29, 0.717) is 63.8 Å². The fourth-order valence-electron chi connectivity index (χ4n) is 6.95. The van der Waals surface area contributed by atoms with Crippen LogP contribution < -0.4 is 5.73 Å². The predicted molar refractivity (Wildman–Crippen MR) is 161 cm³/mol. The summed E-state index contributed by atoms with van der Waals surface area (Å²) in [5.41, 5.74) is 9.69. The number of ether oxygens (including phenoxy) is 1. The number of nitrogens with zero attached hydrogens (tertiary/aromatic N) is 4. The Morgan fingerprint density at radius 2 is 1.71 bits per heavy atom. The number of carbonyl (C=O) groups is 2. The van der Waals surface area contributed by atoms with Gasteiger partial charge in [0.05, 0.1) is 25.8 Å². The van der Waals surface area contributed by atoms with Gasteiger partial charge in [0.25, 0.3) is 0 Å². The van der Waals surface area contributed by atoms with Crippen molar-refractivity contribution in [3.05, 3.63) is 41.6 Å². The molecule has 1 amide bonds. The van der Waals surface area contributed by atoms with Crippen molar-refractivity contribution in [1.82, 2.24) is 14.1 Å². The van der Waals surface area contributed by atoms with E-state index in [2.05, 4.69) is 4.90 Å². The van der Waals surface area contributed by atoms with E-state index in [9.17, 15) is 18.0 Å². The number of benzene rings is 1. The second-order valence-electron chi connectivity index (χ2n) is 12.0. The van der Waals surface area contributed by atoms with E-state index in [1.807, 2.05) is 35.4 Å². The van der Waals surface area contributed by atoms with Gasteiger partial charge in [0, 0.05) is 57.0 Å². The molecule has 4 aliphatic heterocycles. The van der Waals surface area contributed by atoms with Gasteiger partial charge < -0.3 is 20.3 Å². The molecule has 4 heterocycles. The number of hydrogen-bond acceptors (Lipinski definition) is 7. The lowest BCUT2D eigenvalue weighted by Gasteiger charge is -2.35. The fraction of sp³-hybridized carbons (Fsp3) is 0.600. The zero-order valence-electron chi connectivity index (χ0n) is 24.5. The molecule has 228 valence electrons. The molecule has 0 unspecified atom stereocenters. The normalized spacial score (nSPS) is 24.4. The van der Waals surface area contributed by atoms with Crippen LogP contribution in [0.25, 0.3) is 5.57 Å². The second kappa shape index (κ2) is 12.5. The number of guanidine groups is 1. The van der Waals surface area contributed by atoms with Crippen LogP contribution in [-0.4, -0.2) is 98.2 Å². The van der Waals surface area contributed by atoms with Gasteiger partial charge in [0.1, 0.15) is 0 Å². The SMILES string of the molecule is COC(=O)Cc1ccc(C2=CN=C([C@@H]3C[C@H](C4CCN(S(C)(=O)=O)CC4)CN3C(=O)C3CCN(C(=N)N)CC3)C2)cc1. The number of nitrogens with one attached hydrogen (secondary N) is 1. The average molecular weight is 599 g/mol. The van der Waals surface area contributed by atoms with Crippen LogP contribution in [0.5, 0.6) is 0 Å². The Balaban J connectivity index is 1.28. The van der Waals surface area contributed by atoms with Gasteiger partial charge in [-0.05, 0) is 60.6 Å². The molecule has 4 aliphatic rings. The van der Waals surface area contributed by atoms with E-state index < -0.39 is 10.0 Å². The summed E-state index contributed by atoms with van der Waals surface area (Å²) in [6, 6.07) is 7.78. The average Bonchev–Trinajstić information content (AvgIpc) is 3.65. The largest absolute Gasteiger partial charge is 0.469 e. The molecule has 3 fully saturated rings. The molecule has 0 bridgehead atoms. The van der Waals surface area contributed by atoms with E-state index in [1.54, 1.807) is 4.31 Å². The maximum atomic E-state index is 14.0. The number of esters is 1. The van der Waals surface area contributed by atoms with Crippen molar-refractivity contribution in [3.8, 4) is 0 Å². The Morgan fingerprint density at radius 3 is 2.31 bits per heavy atom. The van der Waals surface area contributed by atoms with E-state index in [4.69, 9.17) is 20.9 Å². The summed E-state index contributed by atoms with van der Waals surface area (Å²) in [4.78, 5) is 34.3. The summed E-state index contributed by atoms with van der Waals surface area (Å²) >= 11 is 0. The zero-order valence-corrected chi connectivity index (χ0v) is 25.3. The van der Waals surface area contributed by atoms with Gasteiger partial charge in [-0.3, -0.25) is 20.0 Å². The zero-order chi connectivity index (χ0) is 30.0. The number of likely N-dealkylation sites (tertiary alicyclic amines) is 2. The van der Waals surface area contributed by atoms with Gasteiger partial charge in [-0.15, -0.1) is 0 Å². The molecular weight excluding hydrogens is 556 g/mol. The minimum atomic E-state index is -3.20. The van der Waals surface area contributed by atoms with E-state index in [0.717, 1.165) is 41.7 Å². The summed E-state index contributed by atoms with van der Waals surface area (Å²) in [6.07, 6.45) is 7.84. The number of aliphatic imine (C=N–C) groups is 1. The van der Waals surface area contributed by atoms with Crippen LogP contribution in [0.4, 0.5) is 0 Å². The molecule has 1 aromatic carbocycles. The monoisotopic (exact) mass is 598 g/mol. The number of sulfonamides is 1. The Morgan fingerprint density at radius 1 is 1.05 bits per heavy atom. The number of carbonyl (C=O) groups excluding carboxylic acids is 2. The molecular formula is C30H42N6O5S. The minimum absolute atomic E-state index is 0.0534. The lowest BCUT2D eigenvalue weighted by atomic mass is 9.82. The predicted octanol–water partition coefficient (Wildman–Crippen LogP) is 2.08. The van der Waals surface area contributed by atoms with Crippen molar-refractivity contribution in [1.29, 1.82) is 5.41 Å². The summed E-state index contributed by atoms with van der Waals surface area (Å²) < 4.78 is 30.4. The van der Waals surface area contributed by atoms with Crippen molar-refractivity contribution in [2.75, 3.05) is 46.1 Å². The van der Waals surface area contributed by atoms with Crippen molar-refractivity contribution < 1.29 is 22.7 Å². The smallest absolute Gasteiger partial charge is 0.309 e. The van der Waals surface area contributed by atoms with Crippen molar-refractivity contribution in [2.45, 2.75) is 51.0 Å². The third-order valence-corrected chi connectivity index (χ3v) is 10.8. The first-order valence-corrected chi connectivity index (χ1v) is 16.6. The van der Waals surface area contributed by atoms with Crippen LogP contribution >= 0.6 is 0 Å². The highest BCUT2D eigenvalue weighted by Gasteiger charge is 2.44. The lowest BCUT2D eigenvalue weighted by molar-refractivity contribution is -0.140. The highest BCUT2D eigenvalue weighted by Crippen LogP contribution is 2.39. The van der Waals surface area contributed by atoms with Crippen molar-refractivity contribution in [2.24, 2.45) is 28.5 Å². The number of amides is 1. The van der Waals surface area contributed by atoms with Crippen molar-refractivity contribution >= 4 is 39.1 Å². The third-order valence-electron chi connectivity index (χ3n) is 9.48. The molecule has 2 atom stereocenters. The van der Waals surface area contributed by atoms with Gasteiger partial charge in [-0.1, -0.05) is 24.3 Å². The number of piperidine rings is 2. The summed E-state index contributed by atoms with van der Waals surface area (Å²) in [5.74, 6) is 0.482. The summed E-state index contributed by atoms with van der Waals surface area (Å²) in [5, 5.41) is 7.73. The first kappa shape index (κ1) is 30.2. The Hall–Kier alpha value is -3.25. The molecule has 0 aliphatic carbocycles. The second-order valence-corrected chi connectivity index (χ2v) is 14.0. The molecule has 0 saturated carbocycles. The maximum Gasteiger partial charge on any atom is 0.309 e. The van der Waals surface area contributed by atoms with Gasteiger partial charge in [-0.2, -0.15) is 0 Å². The third kappa shape index (κ3) is 6.70. The standard InChI is InChI=1S/C30H42N6O5S/c1-41-28(37)15-20-3-5-21(6-4-20)24-16-26(33-18-24)27-17-25(22-9-13-35(14-10-22)42(2,39)40)19-36(27)29(38)23-7-11-34(12-8-23)30(31)32/h3-6,18,22-23,25,27H,7-17,19H2,1-2H3,(H3,31,32)/t25-,27-/m0/s1. The van der Waals surface area contributed by atoms with E-state index in [1.165, 1.54) is 13.4 Å². The molecule has 0 aromatic heterocycles. The van der Waals surface area contributed by atoms with Crippen LogP contribution in [0.2, 0.25) is 0 Å². The molecule has 5 rings (SSSR count). The molecule has 0 spiro atoms. The van der Waals surface area contributed by atoms with E-state index in [-0.39, 0.29) is 36.2 Å². The Bertz CT molecular complexity index is 1360. The number of hydrogen-bond donors (Lipinski definition) is 2. The van der Waals surface area contributed by atoms with Crippen LogP contribution in [0.3, 0.4) is 0 Å². The number of methoxy groups -OCH3 is 1. The van der Waals surface area contributed by atoms with E-state index >= 15 is 0 Å². The topological polar surface area (TPSA) is 149 Å². The minimum Gasteiger partial charge on any atom is -0.469 e. The molecule has 11 nitrogen and oxygen atoms in total. The van der Waals surface area contributed by atoms with Gasteiger partial charge >= 0.3 is 5.97 Å².